The summed E-state index contributed by atoms with van der Waals surface area (Å²) >= 11 is 0. The Balaban J connectivity index is 1.76. The van der Waals surface area contributed by atoms with Gasteiger partial charge in [0.15, 0.2) is 0 Å². The van der Waals surface area contributed by atoms with E-state index in [1.165, 1.54) is 25.7 Å². The monoisotopic (exact) mass is 233 g/mol. The first-order valence-electron chi connectivity index (χ1n) is 6.95. The van der Waals surface area contributed by atoms with Gasteiger partial charge in [0.25, 0.3) is 0 Å². The third kappa shape index (κ3) is 3.03. The Hall–Kier alpha value is -0.970. The maximum atomic E-state index is 11.9. The topological polar surface area (TPSA) is 29.1 Å². The molecule has 2 saturated carbocycles. The molecule has 0 spiro atoms. The zero-order valence-corrected chi connectivity index (χ0v) is 10.7. The van der Waals surface area contributed by atoms with Crippen LogP contribution in [0.2, 0.25) is 0 Å². The quantitative estimate of drug-likeness (QED) is 0.727. The standard InChI is InChI=1S/C15H23NO/c1-3-5-14(4-2)16-15(17)10-13-9-11-6-7-12(13)8-11/h1,11-14H,4-10H2,2H3,(H,16,17). The van der Waals surface area contributed by atoms with Crippen LogP contribution in [0.3, 0.4) is 0 Å². The van der Waals surface area contributed by atoms with Gasteiger partial charge in [-0.1, -0.05) is 13.3 Å². The van der Waals surface area contributed by atoms with E-state index in [0.717, 1.165) is 24.7 Å². The van der Waals surface area contributed by atoms with Gasteiger partial charge in [-0.25, -0.2) is 0 Å². The third-order valence-electron chi connectivity index (χ3n) is 4.55. The van der Waals surface area contributed by atoms with Gasteiger partial charge in [-0.2, -0.15) is 0 Å². The van der Waals surface area contributed by atoms with Gasteiger partial charge >= 0.3 is 0 Å². The number of amides is 1. The Kier molecular flexibility index (Phi) is 4.10. The van der Waals surface area contributed by atoms with Gasteiger partial charge in [0.1, 0.15) is 0 Å². The van der Waals surface area contributed by atoms with Gasteiger partial charge in [0.2, 0.25) is 5.91 Å². The Labute approximate surface area is 105 Å². The first-order chi connectivity index (χ1) is 8.22. The fraction of sp³-hybridized carbons (Fsp3) is 0.800. The van der Waals surface area contributed by atoms with E-state index in [9.17, 15) is 4.79 Å². The summed E-state index contributed by atoms with van der Waals surface area (Å²) in [5.74, 6) is 5.25. The first kappa shape index (κ1) is 12.5. The van der Waals surface area contributed by atoms with E-state index in [1.807, 2.05) is 0 Å². The van der Waals surface area contributed by atoms with E-state index < -0.39 is 0 Å². The van der Waals surface area contributed by atoms with Crippen molar-refractivity contribution in [2.24, 2.45) is 17.8 Å². The van der Waals surface area contributed by atoms with Crippen molar-refractivity contribution in [1.82, 2.24) is 5.32 Å². The van der Waals surface area contributed by atoms with Crippen LogP contribution < -0.4 is 5.32 Å². The number of nitrogens with one attached hydrogen (secondary N) is 1. The zero-order valence-electron chi connectivity index (χ0n) is 10.7. The summed E-state index contributed by atoms with van der Waals surface area (Å²) in [5, 5.41) is 3.07. The molecule has 0 aromatic carbocycles. The largest absolute Gasteiger partial charge is 0.352 e. The minimum atomic E-state index is 0.172. The molecule has 1 N–H and O–H groups in total. The van der Waals surface area contributed by atoms with Crippen LogP contribution in [-0.2, 0) is 4.79 Å². The molecule has 2 aliphatic rings. The van der Waals surface area contributed by atoms with Gasteiger partial charge in [-0.15, -0.1) is 12.3 Å². The van der Waals surface area contributed by atoms with E-state index in [2.05, 4.69) is 18.2 Å². The van der Waals surface area contributed by atoms with Crippen LogP contribution in [-0.4, -0.2) is 11.9 Å². The second kappa shape index (κ2) is 5.58. The van der Waals surface area contributed by atoms with Gasteiger partial charge in [-0.05, 0) is 43.4 Å². The van der Waals surface area contributed by atoms with Crippen LogP contribution >= 0.6 is 0 Å². The van der Waals surface area contributed by atoms with Crippen molar-refractivity contribution in [3.8, 4) is 12.3 Å². The molecule has 2 heteroatoms. The van der Waals surface area contributed by atoms with Gasteiger partial charge in [0.05, 0.1) is 0 Å². The molecular formula is C15H23NO. The zero-order chi connectivity index (χ0) is 12.3. The molecule has 94 valence electrons. The molecule has 4 unspecified atom stereocenters. The van der Waals surface area contributed by atoms with E-state index in [1.54, 1.807) is 0 Å². The fourth-order valence-electron chi connectivity index (χ4n) is 3.59. The normalized spacial score (nSPS) is 32.1. The summed E-state index contributed by atoms with van der Waals surface area (Å²) in [6, 6.07) is 0.172. The van der Waals surface area contributed by atoms with Crippen molar-refractivity contribution in [2.45, 2.75) is 57.9 Å². The van der Waals surface area contributed by atoms with Crippen LogP contribution in [0, 0.1) is 30.1 Å². The Morgan fingerprint density at radius 1 is 1.47 bits per heavy atom. The lowest BCUT2D eigenvalue weighted by molar-refractivity contribution is -0.123. The number of hydrogen-bond acceptors (Lipinski definition) is 1. The van der Waals surface area contributed by atoms with Gasteiger partial charge < -0.3 is 5.32 Å². The highest BCUT2D eigenvalue weighted by molar-refractivity contribution is 5.76. The second-order valence-electron chi connectivity index (χ2n) is 5.72. The minimum Gasteiger partial charge on any atom is -0.352 e. The molecular weight excluding hydrogens is 210 g/mol. The lowest BCUT2D eigenvalue weighted by atomic mass is 9.86. The predicted octanol–water partition coefficient (Wildman–Crippen LogP) is 2.73. The lowest BCUT2D eigenvalue weighted by Gasteiger charge is -2.22. The van der Waals surface area contributed by atoms with E-state index in [-0.39, 0.29) is 11.9 Å². The number of terminal acetylenes is 1. The molecule has 1 amide bonds. The Morgan fingerprint density at radius 2 is 2.29 bits per heavy atom. The molecule has 0 radical (unpaired) electrons. The number of hydrogen-bond donors (Lipinski definition) is 1. The SMILES string of the molecule is C#CCC(CC)NC(=O)CC1CC2CCC1C2. The number of rotatable bonds is 5. The average molecular weight is 233 g/mol. The summed E-state index contributed by atoms with van der Waals surface area (Å²) in [4.78, 5) is 11.9. The predicted molar refractivity (Wildman–Crippen MR) is 69.2 cm³/mol. The number of carbonyl (C=O) groups excluding carboxylic acids is 1. The van der Waals surface area contributed by atoms with Gasteiger partial charge in [-0.3, -0.25) is 4.79 Å². The van der Waals surface area contributed by atoms with Gasteiger partial charge in [0, 0.05) is 18.9 Å². The molecule has 2 bridgehead atoms. The molecule has 0 saturated heterocycles. The Morgan fingerprint density at radius 3 is 2.82 bits per heavy atom. The highest BCUT2D eigenvalue weighted by Gasteiger charge is 2.40. The van der Waals surface area contributed by atoms with Crippen molar-refractivity contribution >= 4 is 5.91 Å². The molecule has 2 fully saturated rings. The van der Waals surface area contributed by atoms with E-state index >= 15 is 0 Å². The summed E-state index contributed by atoms with van der Waals surface area (Å²) in [5.41, 5.74) is 0. The molecule has 2 rings (SSSR count). The third-order valence-corrected chi connectivity index (χ3v) is 4.55. The first-order valence-corrected chi connectivity index (χ1v) is 6.95. The van der Waals surface area contributed by atoms with Crippen molar-refractivity contribution in [1.29, 1.82) is 0 Å². The molecule has 0 aromatic heterocycles. The molecule has 2 aliphatic carbocycles. The minimum absolute atomic E-state index is 0.172. The Bertz CT molecular complexity index is 317. The fourth-order valence-corrected chi connectivity index (χ4v) is 3.59. The summed E-state index contributed by atoms with van der Waals surface area (Å²) in [6.07, 6.45) is 13.0. The smallest absolute Gasteiger partial charge is 0.220 e. The van der Waals surface area contributed by atoms with Crippen LogP contribution in [0.4, 0.5) is 0 Å². The molecule has 2 nitrogen and oxygen atoms in total. The summed E-state index contributed by atoms with van der Waals surface area (Å²) in [6.45, 7) is 2.07. The maximum Gasteiger partial charge on any atom is 0.220 e. The molecule has 0 heterocycles. The molecule has 0 aliphatic heterocycles. The van der Waals surface area contributed by atoms with Crippen molar-refractivity contribution in [3.05, 3.63) is 0 Å². The molecule has 4 atom stereocenters. The summed E-state index contributed by atoms with van der Waals surface area (Å²) < 4.78 is 0. The van der Waals surface area contributed by atoms with Crippen molar-refractivity contribution in [2.75, 3.05) is 0 Å². The molecule has 0 aromatic rings. The molecule has 17 heavy (non-hydrogen) atoms. The summed E-state index contributed by atoms with van der Waals surface area (Å²) in [7, 11) is 0. The van der Waals surface area contributed by atoms with E-state index in [0.29, 0.717) is 12.3 Å². The maximum absolute atomic E-state index is 11.9. The van der Waals surface area contributed by atoms with Crippen LogP contribution in [0.25, 0.3) is 0 Å². The average Bonchev–Trinajstić information content (AvgIpc) is 2.90. The lowest BCUT2D eigenvalue weighted by Crippen LogP contribution is -2.35. The highest BCUT2D eigenvalue weighted by atomic mass is 16.1. The van der Waals surface area contributed by atoms with E-state index in [4.69, 9.17) is 6.42 Å². The van der Waals surface area contributed by atoms with Crippen molar-refractivity contribution in [3.63, 3.8) is 0 Å². The number of carbonyl (C=O) groups is 1. The van der Waals surface area contributed by atoms with Crippen molar-refractivity contribution < 1.29 is 4.79 Å². The van der Waals surface area contributed by atoms with Crippen LogP contribution in [0.1, 0.15) is 51.9 Å². The van der Waals surface area contributed by atoms with Crippen LogP contribution in [0.5, 0.6) is 0 Å². The second-order valence-corrected chi connectivity index (χ2v) is 5.72. The van der Waals surface area contributed by atoms with Crippen LogP contribution in [0.15, 0.2) is 0 Å². The highest BCUT2D eigenvalue weighted by Crippen LogP contribution is 2.49. The number of fused-ring (bicyclic) bond motifs is 2.